The second kappa shape index (κ2) is 4.34. The second-order valence-corrected chi connectivity index (χ2v) is 4.35. The summed E-state index contributed by atoms with van der Waals surface area (Å²) in [6.45, 7) is 2.56. The van der Waals surface area contributed by atoms with Gasteiger partial charge in [-0.3, -0.25) is 4.68 Å². The quantitative estimate of drug-likeness (QED) is 0.756. The Hall–Kier alpha value is -2.44. The van der Waals surface area contributed by atoms with Crippen LogP contribution in [0.4, 0.5) is 5.82 Å². The summed E-state index contributed by atoms with van der Waals surface area (Å²) in [4.78, 5) is 13.3. The van der Waals surface area contributed by atoms with Crippen molar-refractivity contribution in [1.29, 1.82) is 0 Å². The van der Waals surface area contributed by atoms with Crippen LogP contribution in [0.5, 0.6) is 0 Å². The number of hydrogen-bond donors (Lipinski definition) is 1. The lowest BCUT2D eigenvalue weighted by atomic mass is 10.3. The standard InChI is InChI=1S/C12H15N7/c1-8-14-4-5-19(8)7-10-16-11(13-2)9-6-15-18(3)12(9)17-10/h4-6H,7H2,1-3H3,(H,13,16,17). The van der Waals surface area contributed by atoms with E-state index in [1.54, 1.807) is 17.1 Å². The highest BCUT2D eigenvalue weighted by Gasteiger charge is 2.11. The summed E-state index contributed by atoms with van der Waals surface area (Å²) in [6.07, 6.45) is 5.47. The third-order valence-electron chi connectivity index (χ3n) is 3.11. The number of rotatable bonds is 3. The zero-order chi connectivity index (χ0) is 13.4. The highest BCUT2D eigenvalue weighted by atomic mass is 15.3. The smallest absolute Gasteiger partial charge is 0.163 e. The van der Waals surface area contributed by atoms with Gasteiger partial charge in [0.15, 0.2) is 11.5 Å². The van der Waals surface area contributed by atoms with Crippen LogP contribution in [0.15, 0.2) is 18.6 Å². The van der Waals surface area contributed by atoms with Gasteiger partial charge in [-0.1, -0.05) is 0 Å². The molecule has 3 aromatic heterocycles. The van der Waals surface area contributed by atoms with Gasteiger partial charge in [0.2, 0.25) is 0 Å². The van der Waals surface area contributed by atoms with E-state index in [2.05, 4.69) is 25.4 Å². The zero-order valence-corrected chi connectivity index (χ0v) is 11.1. The Kier molecular flexibility index (Phi) is 2.66. The number of nitrogens with one attached hydrogen (secondary N) is 1. The fraction of sp³-hybridized carbons (Fsp3) is 0.333. The molecule has 0 aliphatic rings. The molecule has 0 atom stereocenters. The van der Waals surface area contributed by atoms with Gasteiger partial charge in [-0.15, -0.1) is 0 Å². The minimum atomic E-state index is 0.599. The monoisotopic (exact) mass is 257 g/mol. The normalized spacial score (nSPS) is 11.1. The number of fused-ring (bicyclic) bond motifs is 1. The Balaban J connectivity index is 2.09. The lowest BCUT2D eigenvalue weighted by molar-refractivity contribution is 0.714. The summed E-state index contributed by atoms with van der Waals surface area (Å²) in [5, 5.41) is 8.23. The van der Waals surface area contributed by atoms with Gasteiger partial charge in [0.1, 0.15) is 11.6 Å². The minimum absolute atomic E-state index is 0.599. The van der Waals surface area contributed by atoms with Crippen LogP contribution in [-0.2, 0) is 13.6 Å². The average Bonchev–Trinajstić information content (AvgIpc) is 2.97. The van der Waals surface area contributed by atoms with E-state index in [1.165, 1.54) is 0 Å². The summed E-state index contributed by atoms with van der Waals surface area (Å²) < 4.78 is 3.76. The van der Waals surface area contributed by atoms with Crippen LogP contribution in [0.25, 0.3) is 11.0 Å². The second-order valence-electron chi connectivity index (χ2n) is 4.35. The van der Waals surface area contributed by atoms with Crippen LogP contribution in [0.3, 0.4) is 0 Å². The Labute approximate surface area is 110 Å². The number of aromatic nitrogens is 6. The molecule has 0 bridgehead atoms. The first-order valence-electron chi connectivity index (χ1n) is 6.03. The summed E-state index contributed by atoms with van der Waals surface area (Å²) in [5.74, 6) is 2.48. The van der Waals surface area contributed by atoms with Crippen LogP contribution in [0, 0.1) is 6.92 Å². The predicted molar refractivity (Wildman–Crippen MR) is 71.9 cm³/mol. The van der Waals surface area contributed by atoms with Crippen molar-refractivity contribution in [1.82, 2.24) is 29.3 Å². The first kappa shape index (κ1) is 11.6. The van der Waals surface area contributed by atoms with Crippen LogP contribution < -0.4 is 5.32 Å². The molecular weight excluding hydrogens is 242 g/mol. The number of anilines is 1. The average molecular weight is 257 g/mol. The maximum absolute atomic E-state index is 4.56. The first-order chi connectivity index (χ1) is 9.19. The van der Waals surface area contributed by atoms with Crippen LogP contribution in [-0.4, -0.2) is 36.3 Å². The molecule has 3 rings (SSSR count). The van der Waals surface area contributed by atoms with Gasteiger partial charge < -0.3 is 9.88 Å². The molecule has 0 aliphatic heterocycles. The van der Waals surface area contributed by atoms with E-state index in [1.807, 2.05) is 31.8 Å². The van der Waals surface area contributed by atoms with E-state index < -0.39 is 0 Å². The molecule has 98 valence electrons. The molecule has 0 aliphatic carbocycles. The molecule has 0 aromatic carbocycles. The number of hydrogen-bond acceptors (Lipinski definition) is 5. The Morgan fingerprint density at radius 3 is 2.84 bits per heavy atom. The summed E-state index contributed by atoms with van der Waals surface area (Å²) in [7, 11) is 3.72. The highest BCUT2D eigenvalue weighted by Crippen LogP contribution is 2.19. The van der Waals surface area contributed by atoms with Crippen molar-refractivity contribution in [3.63, 3.8) is 0 Å². The minimum Gasteiger partial charge on any atom is -0.372 e. The van der Waals surface area contributed by atoms with Gasteiger partial charge in [-0.2, -0.15) is 5.10 Å². The molecule has 0 unspecified atom stereocenters. The first-order valence-corrected chi connectivity index (χ1v) is 6.03. The van der Waals surface area contributed by atoms with Gasteiger partial charge >= 0.3 is 0 Å². The van der Waals surface area contributed by atoms with Crippen molar-refractivity contribution in [2.45, 2.75) is 13.5 Å². The number of aryl methyl sites for hydroxylation is 2. The third kappa shape index (κ3) is 1.92. The Morgan fingerprint density at radius 1 is 1.32 bits per heavy atom. The van der Waals surface area contributed by atoms with Crippen molar-refractivity contribution >= 4 is 16.9 Å². The van der Waals surface area contributed by atoms with Crippen molar-refractivity contribution in [2.24, 2.45) is 7.05 Å². The van der Waals surface area contributed by atoms with E-state index in [9.17, 15) is 0 Å². The summed E-state index contributed by atoms with van der Waals surface area (Å²) in [5.41, 5.74) is 0.826. The van der Waals surface area contributed by atoms with Crippen LogP contribution in [0.1, 0.15) is 11.6 Å². The van der Waals surface area contributed by atoms with Gasteiger partial charge in [0.25, 0.3) is 0 Å². The Bertz CT molecular complexity index is 725. The molecule has 1 N–H and O–H groups in total. The van der Waals surface area contributed by atoms with Gasteiger partial charge in [-0.25, -0.2) is 15.0 Å². The van der Waals surface area contributed by atoms with Crippen LogP contribution in [0.2, 0.25) is 0 Å². The van der Waals surface area contributed by atoms with E-state index in [0.717, 1.165) is 28.5 Å². The Morgan fingerprint density at radius 2 is 2.16 bits per heavy atom. The summed E-state index contributed by atoms with van der Waals surface area (Å²) >= 11 is 0. The lowest BCUT2D eigenvalue weighted by Gasteiger charge is -2.07. The topological polar surface area (TPSA) is 73.5 Å². The van der Waals surface area contributed by atoms with Crippen molar-refractivity contribution in [2.75, 3.05) is 12.4 Å². The predicted octanol–water partition coefficient (Wildman–Crippen LogP) is 0.958. The van der Waals surface area contributed by atoms with Crippen molar-refractivity contribution in [3.8, 4) is 0 Å². The molecule has 0 saturated heterocycles. The molecular formula is C12H15N7. The maximum atomic E-state index is 4.56. The molecule has 0 amide bonds. The van der Waals surface area contributed by atoms with E-state index >= 15 is 0 Å². The van der Waals surface area contributed by atoms with Crippen molar-refractivity contribution < 1.29 is 0 Å². The molecule has 0 radical (unpaired) electrons. The molecule has 3 heterocycles. The van der Waals surface area contributed by atoms with Gasteiger partial charge in [0.05, 0.1) is 18.1 Å². The fourth-order valence-corrected chi connectivity index (χ4v) is 2.05. The third-order valence-corrected chi connectivity index (χ3v) is 3.11. The molecule has 0 spiro atoms. The van der Waals surface area contributed by atoms with Gasteiger partial charge in [0, 0.05) is 26.5 Å². The van der Waals surface area contributed by atoms with E-state index in [0.29, 0.717) is 6.54 Å². The molecule has 19 heavy (non-hydrogen) atoms. The van der Waals surface area contributed by atoms with Gasteiger partial charge in [-0.05, 0) is 6.92 Å². The van der Waals surface area contributed by atoms with E-state index in [4.69, 9.17) is 0 Å². The zero-order valence-electron chi connectivity index (χ0n) is 11.1. The maximum Gasteiger partial charge on any atom is 0.163 e. The molecule has 7 heteroatoms. The molecule has 0 fully saturated rings. The largest absolute Gasteiger partial charge is 0.372 e. The van der Waals surface area contributed by atoms with E-state index in [-0.39, 0.29) is 0 Å². The fourth-order valence-electron chi connectivity index (χ4n) is 2.05. The SMILES string of the molecule is CNc1nc(Cn2ccnc2C)nc2c1cnn2C. The highest BCUT2D eigenvalue weighted by molar-refractivity contribution is 5.86. The lowest BCUT2D eigenvalue weighted by Crippen LogP contribution is -2.08. The van der Waals surface area contributed by atoms with Crippen LogP contribution >= 0.6 is 0 Å². The summed E-state index contributed by atoms with van der Waals surface area (Å²) in [6, 6.07) is 0. The molecule has 0 saturated carbocycles. The van der Waals surface area contributed by atoms with Crippen molar-refractivity contribution in [3.05, 3.63) is 30.2 Å². The number of imidazole rings is 1. The molecule has 3 aromatic rings. The number of nitrogens with zero attached hydrogens (tertiary/aromatic N) is 6. The molecule has 7 nitrogen and oxygen atoms in total.